The summed E-state index contributed by atoms with van der Waals surface area (Å²) in [7, 11) is 1.73. The van der Waals surface area contributed by atoms with Crippen molar-refractivity contribution in [1.82, 2.24) is 19.7 Å². The summed E-state index contributed by atoms with van der Waals surface area (Å²) in [5.41, 5.74) is 2.27. The molecule has 19 heavy (non-hydrogen) atoms. The van der Waals surface area contributed by atoms with Crippen LogP contribution >= 0.6 is 0 Å². The highest BCUT2D eigenvalue weighted by Crippen LogP contribution is 2.26. The lowest BCUT2D eigenvalue weighted by molar-refractivity contribution is 0.892. The van der Waals surface area contributed by atoms with Crippen LogP contribution in [0.5, 0.6) is 0 Å². The lowest BCUT2D eigenvalue weighted by atomic mass is 10.1. The zero-order valence-electron chi connectivity index (χ0n) is 11.1. The Bertz CT molecular complexity index is 830. The molecule has 0 fully saturated rings. The van der Waals surface area contributed by atoms with E-state index < -0.39 is 0 Å². The first-order valence-corrected chi connectivity index (χ1v) is 6.21. The predicted octanol–water partition coefficient (Wildman–Crippen LogP) is 1.55. The number of fused-ring (bicyclic) bond motifs is 2. The Balaban J connectivity index is 2.46. The summed E-state index contributed by atoms with van der Waals surface area (Å²) < 4.78 is 1.56. The Labute approximate surface area is 109 Å². The minimum absolute atomic E-state index is 0.232. The van der Waals surface area contributed by atoms with Crippen molar-refractivity contribution in [2.45, 2.75) is 13.8 Å². The van der Waals surface area contributed by atoms with Crippen molar-refractivity contribution in [2.75, 3.05) is 11.9 Å². The van der Waals surface area contributed by atoms with Gasteiger partial charge < -0.3 is 5.32 Å². The maximum atomic E-state index is 11.6. The summed E-state index contributed by atoms with van der Waals surface area (Å²) >= 11 is 0. The molecule has 2 heterocycles. The fraction of sp³-hybridized carbons (Fsp3) is 0.308. The predicted molar refractivity (Wildman–Crippen MR) is 75.5 cm³/mol. The minimum atomic E-state index is -0.232. The molecule has 0 aliphatic carbocycles. The van der Waals surface area contributed by atoms with E-state index in [1.165, 1.54) is 0 Å². The zero-order chi connectivity index (χ0) is 13.6. The van der Waals surface area contributed by atoms with Crippen LogP contribution in [0.25, 0.3) is 21.8 Å². The van der Waals surface area contributed by atoms with E-state index in [-0.39, 0.29) is 5.69 Å². The Morgan fingerprint density at radius 2 is 2.16 bits per heavy atom. The highest BCUT2D eigenvalue weighted by molar-refractivity contribution is 6.01. The largest absolute Gasteiger partial charge is 0.368 e. The lowest BCUT2D eigenvalue weighted by Crippen LogP contribution is -2.11. The van der Waals surface area contributed by atoms with Crippen molar-refractivity contribution in [3.63, 3.8) is 0 Å². The van der Waals surface area contributed by atoms with Crippen molar-refractivity contribution < 1.29 is 0 Å². The Morgan fingerprint density at radius 1 is 1.37 bits per heavy atom. The van der Waals surface area contributed by atoms with Gasteiger partial charge in [0.05, 0.1) is 11.0 Å². The first kappa shape index (κ1) is 11.7. The third-order valence-corrected chi connectivity index (χ3v) is 3.32. The lowest BCUT2D eigenvalue weighted by Gasteiger charge is -2.09. The smallest absolute Gasteiger partial charge is 0.348 e. The number of nitrogens with one attached hydrogen (secondary N) is 2. The van der Waals surface area contributed by atoms with Crippen molar-refractivity contribution in [2.24, 2.45) is 7.05 Å². The Morgan fingerprint density at radius 3 is 2.89 bits per heavy atom. The van der Waals surface area contributed by atoms with E-state index in [0.717, 1.165) is 34.3 Å². The Hall–Kier alpha value is -2.37. The standard InChI is InChI=1S/C13H15N5O/c1-4-14-12-9-5-10-11(18(3)13(19)15-10)6-8(9)7(2)16-17-12/h5-6,16H,4H2,1-3H3,(H,14,17). The second kappa shape index (κ2) is 4.08. The summed E-state index contributed by atoms with van der Waals surface area (Å²) in [6.07, 6.45) is 0. The average Bonchev–Trinajstić information content (AvgIpc) is 2.67. The van der Waals surface area contributed by atoms with Crippen molar-refractivity contribution in [3.8, 4) is 0 Å². The van der Waals surface area contributed by atoms with E-state index in [1.807, 2.05) is 26.0 Å². The van der Waals surface area contributed by atoms with E-state index in [2.05, 4.69) is 20.5 Å². The molecule has 0 unspecified atom stereocenters. The number of aromatic amines is 1. The van der Waals surface area contributed by atoms with Crippen LogP contribution in [0.1, 0.15) is 12.6 Å². The number of aromatic nitrogens is 4. The van der Waals surface area contributed by atoms with Crippen LogP contribution in [0.3, 0.4) is 0 Å². The molecule has 2 aromatic heterocycles. The summed E-state index contributed by atoms with van der Waals surface area (Å²) in [6.45, 7) is 4.76. The molecule has 1 aromatic carbocycles. The Kier molecular flexibility index (Phi) is 2.51. The highest BCUT2D eigenvalue weighted by atomic mass is 16.1. The van der Waals surface area contributed by atoms with Crippen molar-refractivity contribution in [3.05, 3.63) is 28.3 Å². The van der Waals surface area contributed by atoms with Gasteiger partial charge in [-0.3, -0.25) is 9.67 Å². The van der Waals surface area contributed by atoms with Crippen molar-refractivity contribution >= 4 is 27.6 Å². The molecule has 98 valence electrons. The molecule has 0 saturated heterocycles. The molecular weight excluding hydrogens is 242 g/mol. The molecule has 0 saturated carbocycles. The molecule has 3 aromatic rings. The third-order valence-electron chi connectivity index (χ3n) is 3.32. The van der Waals surface area contributed by atoms with Gasteiger partial charge in [-0.25, -0.2) is 4.79 Å². The van der Waals surface area contributed by atoms with Gasteiger partial charge >= 0.3 is 5.69 Å². The van der Waals surface area contributed by atoms with E-state index >= 15 is 0 Å². The molecule has 0 radical (unpaired) electrons. The van der Waals surface area contributed by atoms with Crippen LogP contribution in [-0.2, 0) is 7.05 Å². The monoisotopic (exact) mass is 257 g/mol. The number of aryl methyl sites for hydroxylation is 2. The van der Waals surface area contributed by atoms with Crippen molar-refractivity contribution in [1.29, 1.82) is 0 Å². The number of rotatable bonds is 2. The van der Waals surface area contributed by atoms with Gasteiger partial charge in [-0.05, 0) is 26.0 Å². The molecule has 0 spiro atoms. The van der Waals surface area contributed by atoms with Gasteiger partial charge in [-0.15, -0.1) is 0 Å². The molecule has 2 N–H and O–H groups in total. The molecule has 0 aliphatic heterocycles. The van der Waals surface area contributed by atoms with Crippen LogP contribution in [-0.4, -0.2) is 26.3 Å². The van der Waals surface area contributed by atoms with E-state index in [4.69, 9.17) is 0 Å². The fourth-order valence-corrected chi connectivity index (χ4v) is 2.28. The normalized spacial score (nSPS) is 11.3. The van der Waals surface area contributed by atoms with E-state index in [1.54, 1.807) is 11.6 Å². The number of imidazole rings is 1. The maximum absolute atomic E-state index is 11.6. The van der Waals surface area contributed by atoms with Gasteiger partial charge in [0, 0.05) is 30.1 Å². The zero-order valence-corrected chi connectivity index (χ0v) is 11.1. The molecule has 0 aliphatic rings. The molecule has 3 rings (SSSR count). The summed E-state index contributed by atoms with van der Waals surface area (Å²) in [5.74, 6) is 0.781. The fourth-order valence-electron chi connectivity index (χ4n) is 2.28. The highest BCUT2D eigenvalue weighted by Gasteiger charge is 2.11. The van der Waals surface area contributed by atoms with Gasteiger partial charge in [0.15, 0.2) is 5.82 Å². The second-order valence-electron chi connectivity index (χ2n) is 4.57. The second-order valence-corrected chi connectivity index (χ2v) is 4.57. The quantitative estimate of drug-likeness (QED) is 0.730. The molecule has 0 amide bonds. The van der Waals surface area contributed by atoms with Gasteiger partial charge in [0.2, 0.25) is 0 Å². The van der Waals surface area contributed by atoms with E-state index in [9.17, 15) is 4.79 Å². The number of anilines is 1. The molecule has 6 heteroatoms. The van der Waals surface area contributed by atoms with Crippen LogP contribution in [0.2, 0.25) is 0 Å². The van der Waals surface area contributed by atoms with Crippen LogP contribution in [0.15, 0.2) is 16.9 Å². The van der Waals surface area contributed by atoms with Crippen LogP contribution < -0.4 is 11.0 Å². The number of nitrogens with zero attached hydrogens (tertiary/aromatic N) is 3. The first-order chi connectivity index (χ1) is 9.11. The molecule has 0 atom stereocenters. The SMILES string of the molecule is CCNc1n[nH]c(C)c2cc3c(cc12)nc(=O)n3C. The van der Waals surface area contributed by atoms with Crippen LogP contribution in [0, 0.1) is 6.92 Å². The number of benzene rings is 1. The van der Waals surface area contributed by atoms with Gasteiger partial charge in [-0.2, -0.15) is 10.1 Å². The summed E-state index contributed by atoms with van der Waals surface area (Å²) in [4.78, 5) is 15.7. The average molecular weight is 257 g/mol. The first-order valence-electron chi connectivity index (χ1n) is 6.21. The molecule has 0 bridgehead atoms. The summed E-state index contributed by atoms with van der Waals surface area (Å²) in [6, 6.07) is 3.89. The number of hydrogen-bond acceptors (Lipinski definition) is 4. The molecule has 6 nitrogen and oxygen atoms in total. The number of H-pyrrole nitrogens is 1. The topological polar surface area (TPSA) is 75.6 Å². The van der Waals surface area contributed by atoms with Gasteiger partial charge in [0.25, 0.3) is 0 Å². The minimum Gasteiger partial charge on any atom is -0.368 e. The van der Waals surface area contributed by atoms with Crippen LogP contribution in [0.4, 0.5) is 5.82 Å². The number of hydrogen-bond donors (Lipinski definition) is 2. The molecular formula is C13H15N5O. The van der Waals surface area contributed by atoms with Gasteiger partial charge in [-0.1, -0.05) is 0 Å². The van der Waals surface area contributed by atoms with Gasteiger partial charge in [0.1, 0.15) is 0 Å². The summed E-state index contributed by atoms with van der Waals surface area (Å²) in [5, 5.41) is 12.5. The third kappa shape index (κ3) is 1.68. The maximum Gasteiger partial charge on any atom is 0.348 e. The van der Waals surface area contributed by atoms with E-state index in [0.29, 0.717) is 5.52 Å².